The first-order valence-corrected chi connectivity index (χ1v) is 7.43. The zero-order valence-corrected chi connectivity index (χ0v) is 13.3. The molecular weight excluding hydrogens is 313 g/mol. The summed E-state index contributed by atoms with van der Waals surface area (Å²) in [6.07, 6.45) is -0.955. The number of hydrogen-bond acceptors (Lipinski definition) is 3. The largest absolute Gasteiger partial charge is 0.478 e. The molecule has 0 saturated heterocycles. The van der Waals surface area contributed by atoms with Gasteiger partial charge in [0.05, 0.1) is 0 Å². The lowest BCUT2D eigenvalue weighted by Gasteiger charge is -2.18. The van der Waals surface area contributed by atoms with Crippen molar-refractivity contribution in [3.8, 4) is 5.75 Å². The number of ether oxygens (including phenoxy) is 1. The SMILES string of the molecule is CC(C)C(Oc1ccc(C(=O)Nc2ccc(F)cc2)cc1)C(=O)O. The molecule has 0 aliphatic carbocycles. The van der Waals surface area contributed by atoms with Crippen molar-refractivity contribution in [3.05, 3.63) is 59.9 Å². The summed E-state index contributed by atoms with van der Waals surface area (Å²) in [6.45, 7) is 3.51. The summed E-state index contributed by atoms with van der Waals surface area (Å²) < 4.78 is 18.3. The Bertz CT molecular complexity index is 711. The van der Waals surface area contributed by atoms with Crippen LogP contribution in [0.1, 0.15) is 24.2 Å². The fraction of sp³-hybridized carbons (Fsp3) is 0.222. The molecule has 126 valence electrons. The molecule has 0 aromatic heterocycles. The van der Waals surface area contributed by atoms with Crippen LogP contribution in [-0.4, -0.2) is 23.1 Å². The Hall–Kier alpha value is -2.89. The van der Waals surface area contributed by atoms with Gasteiger partial charge in [-0.2, -0.15) is 0 Å². The number of aliphatic carboxylic acids is 1. The number of carboxylic acid groups (broad SMARTS) is 1. The molecule has 0 spiro atoms. The van der Waals surface area contributed by atoms with E-state index in [1.165, 1.54) is 48.5 Å². The van der Waals surface area contributed by atoms with Gasteiger partial charge in [0.25, 0.3) is 5.91 Å². The number of halogens is 1. The molecule has 0 bridgehead atoms. The highest BCUT2D eigenvalue weighted by Gasteiger charge is 2.23. The zero-order chi connectivity index (χ0) is 17.7. The lowest BCUT2D eigenvalue weighted by Crippen LogP contribution is -2.32. The minimum Gasteiger partial charge on any atom is -0.478 e. The van der Waals surface area contributed by atoms with Gasteiger partial charge in [0.1, 0.15) is 11.6 Å². The van der Waals surface area contributed by atoms with Crippen molar-refractivity contribution >= 4 is 17.6 Å². The van der Waals surface area contributed by atoms with Crippen molar-refractivity contribution in [1.82, 2.24) is 0 Å². The fourth-order valence-electron chi connectivity index (χ4n) is 2.04. The maximum absolute atomic E-state index is 12.8. The highest BCUT2D eigenvalue weighted by molar-refractivity contribution is 6.04. The first kappa shape index (κ1) is 17.5. The lowest BCUT2D eigenvalue weighted by molar-refractivity contribution is -0.147. The second-order valence-electron chi connectivity index (χ2n) is 5.61. The summed E-state index contributed by atoms with van der Waals surface area (Å²) >= 11 is 0. The van der Waals surface area contributed by atoms with E-state index in [4.69, 9.17) is 9.84 Å². The van der Waals surface area contributed by atoms with E-state index in [1.54, 1.807) is 13.8 Å². The summed E-state index contributed by atoms with van der Waals surface area (Å²) in [4.78, 5) is 23.2. The van der Waals surface area contributed by atoms with Gasteiger partial charge in [-0.1, -0.05) is 13.8 Å². The molecule has 2 N–H and O–H groups in total. The van der Waals surface area contributed by atoms with Crippen LogP contribution in [0.2, 0.25) is 0 Å². The van der Waals surface area contributed by atoms with Gasteiger partial charge in [0, 0.05) is 17.2 Å². The van der Waals surface area contributed by atoms with Crippen molar-refractivity contribution in [2.45, 2.75) is 20.0 Å². The number of benzene rings is 2. The van der Waals surface area contributed by atoms with Gasteiger partial charge in [0.2, 0.25) is 0 Å². The van der Waals surface area contributed by atoms with Crippen molar-refractivity contribution < 1.29 is 23.8 Å². The van der Waals surface area contributed by atoms with Crippen LogP contribution >= 0.6 is 0 Å². The van der Waals surface area contributed by atoms with E-state index in [2.05, 4.69) is 5.32 Å². The average Bonchev–Trinajstić information content (AvgIpc) is 2.54. The molecule has 0 aliphatic heterocycles. The maximum atomic E-state index is 12.8. The predicted octanol–water partition coefficient (Wildman–Crippen LogP) is 3.57. The van der Waals surface area contributed by atoms with Crippen LogP contribution in [0, 0.1) is 11.7 Å². The standard InChI is InChI=1S/C18H18FNO4/c1-11(2)16(18(22)23)24-15-9-3-12(4-10-15)17(21)20-14-7-5-13(19)6-8-14/h3-11,16H,1-2H3,(H,20,21)(H,22,23). The van der Waals surface area contributed by atoms with Crippen molar-refractivity contribution in [1.29, 1.82) is 0 Å². The minimum atomic E-state index is -1.04. The normalized spacial score (nSPS) is 11.8. The van der Waals surface area contributed by atoms with Gasteiger partial charge >= 0.3 is 5.97 Å². The molecule has 2 aromatic carbocycles. The molecule has 1 amide bonds. The maximum Gasteiger partial charge on any atom is 0.345 e. The van der Waals surface area contributed by atoms with E-state index in [-0.39, 0.29) is 17.6 Å². The Morgan fingerprint density at radius 1 is 1.04 bits per heavy atom. The van der Waals surface area contributed by atoms with Crippen LogP contribution in [-0.2, 0) is 4.79 Å². The number of rotatable bonds is 6. The monoisotopic (exact) mass is 331 g/mol. The third-order valence-electron chi connectivity index (χ3n) is 3.33. The molecule has 0 aliphatic rings. The first-order chi connectivity index (χ1) is 11.4. The summed E-state index contributed by atoms with van der Waals surface area (Å²) in [6, 6.07) is 11.6. The summed E-state index contributed by atoms with van der Waals surface area (Å²) in [5, 5.41) is 11.8. The Morgan fingerprint density at radius 2 is 1.62 bits per heavy atom. The summed E-state index contributed by atoms with van der Waals surface area (Å²) in [5.41, 5.74) is 0.857. The molecule has 2 rings (SSSR count). The van der Waals surface area contributed by atoms with E-state index in [0.29, 0.717) is 17.0 Å². The summed E-state index contributed by atoms with van der Waals surface area (Å²) in [5.74, 6) is -1.60. The lowest BCUT2D eigenvalue weighted by atomic mass is 10.1. The molecular formula is C18H18FNO4. The molecule has 0 heterocycles. The van der Waals surface area contributed by atoms with Crippen LogP contribution in [0.3, 0.4) is 0 Å². The van der Waals surface area contributed by atoms with Gasteiger partial charge in [-0.25, -0.2) is 9.18 Å². The van der Waals surface area contributed by atoms with E-state index in [0.717, 1.165) is 0 Å². The molecule has 0 fully saturated rings. The highest BCUT2D eigenvalue weighted by Crippen LogP contribution is 2.18. The number of carboxylic acids is 1. The van der Waals surface area contributed by atoms with E-state index < -0.39 is 12.1 Å². The van der Waals surface area contributed by atoms with Gasteiger partial charge in [-0.05, 0) is 48.5 Å². The number of nitrogens with one attached hydrogen (secondary N) is 1. The molecule has 5 nitrogen and oxygen atoms in total. The minimum absolute atomic E-state index is 0.191. The smallest absolute Gasteiger partial charge is 0.345 e. The van der Waals surface area contributed by atoms with E-state index in [1.807, 2.05) is 0 Å². The Kier molecular flexibility index (Phi) is 5.52. The van der Waals surface area contributed by atoms with Gasteiger partial charge in [0.15, 0.2) is 6.10 Å². The van der Waals surface area contributed by atoms with Crippen molar-refractivity contribution in [3.63, 3.8) is 0 Å². The number of amides is 1. The van der Waals surface area contributed by atoms with Crippen LogP contribution in [0.15, 0.2) is 48.5 Å². The molecule has 1 unspecified atom stereocenters. The zero-order valence-electron chi connectivity index (χ0n) is 13.3. The molecule has 6 heteroatoms. The van der Waals surface area contributed by atoms with Crippen molar-refractivity contribution in [2.75, 3.05) is 5.32 Å². The molecule has 1 atom stereocenters. The molecule has 24 heavy (non-hydrogen) atoms. The predicted molar refractivity (Wildman–Crippen MR) is 87.7 cm³/mol. The van der Waals surface area contributed by atoms with Crippen molar-refractivity contribution in [2.24, 2.45) is 5.92 Å². The Labute approximate surface area is 139 Å². The van der Waals surface area contributed by atoms with E-state index >= 15 is 0 Å². The van der Waals surface area contributed by atoms with Gasteiger partial charge in [-0.15, -0.1) is 0 Å². The summed E-state index contributed by atoms with van der Waals surface area (Å²) in [7, 11) is 0. The van der Waals surface area contributed by atoms with Gasteiger partial charge in [-0.3, -0.25) is 4.79 Å². The molecule has 2 aromatic rings. The first-order valence-electron chi connectivity index (χ1n) is 7.43. The Balaban J connectivity index is 2.04. The number of carbonyl (C=O) groups excluding carboxylic acids is 1. The molecule has 0 radical (unpaired) electrons. The quantitative estimate of drug-likeness (QED) is 0.848. The average molecular weight is 331 g/mol. The second-order valence-corrected chi connectivity index (χ2v) is 5.61. The second kappa shape index (κ2) is 7.59. The van der Waals surface area contributed by atoms with Crippen LogP contribution in [0.4, 0.5) is 10.1 Å². The fourth-order valence-corrected chi connectivity index (χ4v) is 2.04. The highest BCUT2D eigenvalue weighted by atomic mass is 19.1. The van der Waals surface area contributed by atoms with Crippen LogP contribution in [0.25, 0.3) is 0 Å². The number of carbonyl (C=O) groups is 2. The number of anilines is 1. The topological polar surface area (TPSA) is 75.6 Å². The van der Waals surface area contributed by atoms with E-state index in [9.17, 15) is 14.0 Å². The number of hydrogen-bond donors (Lipinski definition) is 2. The third kappa shape index (κ3) is 4.55. The van der Waals surface area contributed by atoms with Crippen LogP contribution < -0.4 is 10.1 Å². The molecule has 0 saturated carbocycles. The van der Waals surface area contributed by atoms with Crippen LogP contribution in [0.5, 0.6) is 5.75 Å². The Morgan fingerprint density at radius 3 is 2.12 bits per heavy atom. The van der Waals surface area contributed by atoms with Gasteiger partial charge < -0.3 is 15.2 Å². The third-order valence-corrected chi connectivity index (χ3v) is 3.33.